The van der Waals surface area contributed by atoms with Crippen molar-refractivity contribution in [1.29, 1.82) is 0 Å². The van der Waals surface area contributed by atoms with Crippen LogP contribution in [0.15, 0.2) is 53.3 Å². The molecule has 0 radical (unpaired) electrons. The van der Waals surface area contributed by atoms with E-state index >= 15 is 0 Å². The third-order valence-electron chi connectivity index (χ3n) is 4.36. The number of Topliss-reactive ketones (excluding diaryl/α,β-unsaturated/α-hetero) is 1. The van der Waals surface area contributed by atoms with E-state index in [1.54, 1.807) is 57.2 Å². The van der Waals surface area contributed by atoms with E-state index in [1.165, 1.54) is 28.8 Å². The van der Waals surface area contributed by atoms with E-state index in [9.17, 15) is 18.4 Å². The van der Waals surface area contributed by atoms with Crippen molar-refractivity contribution >= 4 is 29.3 Å². The van der Waals surface area contributed by atoms with Crippen LogP contribution in [0.1, 0.15) is 31.9 Å². The van der Waals surface area contributed by atoms with Gasteiger partial charge in [-0.2, -0.15) is 0 Å². The van der Waals surface area contributed by atoms with Gasteiger partial charge in [-0.25, -0.2) is 8.78 Å². The van der Waals surface area contributed by atoms with Crippen molar-refractivity contribution in [3.8, 4) is 0 Å². The molecule has 1 aromatic heterocycles. The Hall–Kier alpha value is -2.86. The molecular formula is C23H21F2NO2S. The lowest BCUT2D eigenvalue weighted by molar-refractivity contribution is -0.120. The zero-order valence-electron chi connectivity index (χ0n) is 16.4. The number of hydrogen-bond donors (Lipinski definition) is 0. The lowest BCUT2D eigenvalue weighted by Crippen LogP contribution is -2.33. The van der Waals surface area contributed by atoms with E-state index in [0.717, 1.165) is 11.3 Å². The summed E-state index contributed by atoms with van der Waals surface area (Å²) in [5.41, 5.74) is -0.0805. The first-order chi connectivity index (χ1) is 13.6. The Morgan fingerprint density at radius 2 is 1.83 bits per heavy atom. The van der Waals surface area contributed by atoms with Crippen LogP contribution in [0.2, 0.25) is 0 Å². The average molecular weight is 413 g/mol. The van der Waals surface area contributed by atoms with Gasteiger partial charge in [0.05, 0.1) is 11.1 Å². The number of halogens is 2. The molecule has 0 N–H and O–H groups in total. The number of aromatic nitrogens is 1. The molecule has 3 aromatic rings. The van der Waals surface area contributed by atoms with Crippen LogP contribution in [0.5, 0.6) is 0 Å². The smallest absolute Gasteiger partial charge is 0.269 e. The van der Waals surface area contributed by atoms with Crippen LogP contribution >= 0.6 is 11.3 Å². The molecule has 0 atom stereocenters. The first-order valence-corrected chi connectivity index (χ1v) is 9.93. The molecule has 150 valence electrons. The number of ketones is 1. The fourth-order valence-corrected chi connectivity index (χ4v) is 3.71. The highest BCUT2D eigenvalue weighted by Crippen LogP contribution is 2.15. The molecule has 6 heteroatoms. The SMILES string of the molecule is CC(C)(C)C(=O)/C=c1\s/c(=C/c2cccc(F)c2)c(=O)n1Cc1ccccc1F. The molecule has 29 heavy (non-hydrogen) atoms. The topological polar surface area (TPSA) is 39.1 Å². The lowest BCUT2D eigenvalue weighted by Gasteiger charge is -2.13. The highest BCUT2D eigenvalue weighted by molar-refractivity contribution is 7.07. The van der Waals surface area contributed by atoms with Gasteiger partial charge >= 0.3 is 0 Å². The van der Waals surface area contributed by atoms with E-state index in [-0.39, 0.29) is 17.9 Å². The number of thiazole rings is 1. The third kappa shape index (κ3) is 4.95. The van der Waals surface area contributed by atoms with Gasteiger partial charge in [0.1, 0.15) is 16.3 Å². The molecule has 3 nitrogen and oxygen atoms in total. The number of hydrogen-bond acceptors (Lipinski definition) is 3. The molecule has 0 saturated carbocycles. The molecule has 0 bridgehead atoms. The first-order valence-electron chi connectivity index (χ1n) is 9.11. The van der Waals surface area contributed by atoms with Crippen molar-refractivity contribution in [3.05, 3.63) is 90.8 Å². The molecule has 0 aliphatic heterocycles. The summed E-state index contributed by atoms with van der Waals surface area (Å²) in [7, 11) is 0. The standard InChI is InChI=1S/C23H21F2NO2S/c1-23(2,3)20(27)13-21-26(14-16-8-4-5-10-18(16)25)22(28)19(29-21)12-15-7-6-9-17(24)11-15/h4-13H,14H2,1-3H3/b19-12+,21-13-. The molecule has 2 aromatic carbocycles. The van der Waals surface area contributed by atoms with Gasteiger partial charge < -0.3 is 0 Å². The summed E-state index contributed by atoms with van der Waals surface area (Å²) >= 11 is 1.13. The van der Waals surface area contributed by atoms with E-state index in [2.05, 4.69) is 0 Å². The Labute approximate surface area is 171 Å². The number of nitrogens with zero attached hydrogens (tertiary/aromatic N) is 1. The van der Waals surface area contributed by atoms with Crippen molar-refractivity contribution in [2.24, 2.45) is 5.41 Å². The van der Waals surface area contributed by atoms with Crippen molar-refractivity contribution in [2.75, 3.05) is 0 Å². The zero-order chi connectivity index (χ0) is 21.2. The van der Waals surface area contributed by atoms with Gasteiger partial charge in [-0.1, -0.05) is 51.1 Å². The minimum Gasteiger partial charge on any atom is -0.294 e. The molecule has 0 amide bonds. The van der Waals surface area contributed by atoms with Crippen LogP contribution in [-0.2, 0) is 11.3 Å². The Morgan fingerprint density at radius 3 is 2.48 bits per heavy atom. The Kier molecular flexibility index (Phi) is 5.94. The summed E-state index contributed by atoms with van der Waals surface area (Å²) in [6.45, 7) is 5.37. The van der Waals surface area contributed by atoms with Gasteiger partial charge in [0.15, 0.2) is 5.78 Å². The molecule has 1 heterocycles. The summed E-state index contributed by atoms with van der Waals surface area (Å²) in [4.78, 5) is 25.6. The Morgan fingerprint density at radius 1 is 1.10 bits per heavy atom. The van der Waals surface area contributed by atoms with Gasteiger partial charge in [-0.3, -0.25) is 14.2 Å². The van der Waals surface area contributed by atoms with Crippen LogP contribution in [0, 0.1) is 17.0 Å². The molecular weight excluding hydrogens is 392 g/mol. The second-order valence-corrected chi connectivity index (χ2v) is 8.81. The van der Waals surface area contributed by atoms with E-state index in [1.807, 2.05) is 0 Å². The number of carbonyl (C=O) groups is 1. The Bertz CT molecular complexity index is 1230. The number of rotatable bonds is 4. The van der Waals surface area contributed by atoms with Gasteiger partial charge in [-0.05, 0) is 29.8 Å². The average Bonchev–Trinajstić information content (AvgIpc) is 2.91. The normalized spacial score (nSPS) is 13.1. The molecule has 0 unspecified atom stereocenters. The fraction of sp³-hybridized carbons (Fsp3) is 0.217. The Balaban J connectivity index is 2.21. The van der Waals surface area contributed by atoms with Gasteiger partial charge in [0.2, 0.25) is 0 Å². The first kappa shape index (κ1) is 20.9. The summed E-state index contributed by atoms with van der Waals surface area (Å²) in [6.07, 6.45) is 3.00. The zero-order valence-corrected chi connectivity index (χ0v) is 17.2. The fourth-order valence-electron chi connectivity index (χ4n) is 2.67. The van der Waals surface area contributed by atoms with Crippen molar-refractivity contribution in [2.45, 2.75) is 27.3 Å². The predicted octanol–water partition coefficient (Wildman–Crippen LogP) is 3.46. The molecule has 0 fully saturated rings. The van der Waals surface area contributed by atoms with Crippen LogP contribution < -0.4 is 14.8 Å². The minimum atomic E-state index is -0.616. The van der Waals surface area contributed by atoms with Crippen molar-refractivity contribution in [3.63, 3.8) is 0 Å². The maximum atomic E-state index is 14.1. The van der Waals surface area contributed by atoms with Gasteiger partial charge in [-0.15, -0.1) is 11.3 Å². The maximum absolute atomic E-state index is 14.1. The largest absolute Gasteiger partial charge is 0.294 e. The van der Waals surface area contributed by atoms with Crippen molar-refractivity contribution < 1.29 is 13.6 Å². The monoisotopic (exact) mass is 413 g/mol. The molecule has 3 rings (SSSR count). The van der Waals surface area contributed by atoms with Crippen LogP contribution in [0.3, 0.4) is 0 Å². The molecule has 0 spiro atoms. The van der Waals surface area contributed by atoms with Crippen LogP contribution in [0.4, 0.5) is 8.78 Å². The molecule has 0 aliphatic carbocycles. The highest BCUT2D eigenvalue weighted by Gasteiger charge is 2.19. The second-order valence-electron chi connectivity index (χ2n) is 7.75. The number of benzene rings is 2. The van der Waals surface area contributed by atoms with Gasteiger partial charge in [0, 0.05) is 17.1 Å². The predicted molar refractivity (Wildman–Crippen MR) is 112 cm³/mol. The third-order valence-corrected chi connectivity index (χ3v) is 5.42. The summed E-state index contributed by atoms with van der Waals surface area (Å²) < 4.78 is 29.8. The maximum Gasteiger partial charge on any atom is 0.269 e. The van der Waals surface area contributed by atoms with Crippen LogP contribution in [-0.4, -0.2) is 10.4 Å². The number of carbonyl (C=O) groups excluding carboxylic acids is 1. The highest BCUT2D eigenvalue weighted by atomic mass is 32.1. The minimum absolute atomic E-state index is 0.00224. The van der Waals surface area contributed by atoms with E-state index < -0.39 is 17.0 Å². The summed E-state index contributed by atoms with van der Waals surface area (Å²) in [5, 5.41) is 0. The quantitative estimate of drug-likeness (QED) is 0.657. The molecule has 0 aliphatic rings. The second kappa shape index (κ2) is 8.25. The van der Waals surface area contributed by atoms with E-state index in [0.29, 0.717) is 20.3 Å². The summed E-state index contributed by atoms with van der Waals surface area (Å²) in [5.74, 6) is -0.968. The van der Waals surface area contributed by atoms with Gasteiger partial charge in [0.25, 0.3) is 5.56 Å². The lowest BCUT2D eigenvalue weighted by atomic mass is 9.91. The summed E-state index contributed by atoms with van der Waals surface area (Å²) in [6, 6.07) is 12.1. The van der Waals surface area contributed by atoms with Crippen LogP contribution in [0.25, 0.3) is 12.2 Å². The van der Waals surface area contributed by atoms with E-state index in [4.69, 9.17) is 0 Å². The molecule has 0 saturated heterocycles. The van der Waals surface area contributed by atoms with Crippen molar-refractivity contribution in [1.82, 2.24) is 4.57 Å².